The van der Waals surface area contributed by atoms with Gasteiger partial charge in [0.25, 0.3) is 5.91 Å². The van der Waals surface area contributed by atoms with Gasteiger partial charge < -0.3 is 10.0 Å². The maximum absolute atomic E-state index is 13.2. The molecule has 0 spiro atoms. The number of likely N-dealkylation sites (tertiary alicyclic amines) is 1. The molecule has 0 bridgehead atoms. The van der Waals surface area contributed by atoms with Gasteiger partial charge in [0.15, 0.2) is 0 Å². The Balaban J connectivity index is 2.24. The number of carbonyl (C=O) groups is 1. The smallest absolute Gasteiger partial charge is 0.254 e. The van der Waals surface area contributed by atoms with Gasteiger partial charge in [0.05, 0.1) is 12.6 Å². The van der Waals surface area contributed by atoms with Crippen LogP contribution in [0.25, 0.3) is 0 Å². The van der Waals surface area contributed by atoms with E-state index in [1.54, 1.807) is 17.9 Å². The third-order valence-corrected chi connectivity index (χ3v) is 3.97. The Morgan fingerprint density at radius 3 is 2.89 bits per heavy atom. The minimum Gasteiger partial charge on any atom is -0.394 e. The molecule has 19 heavy (non-hydrogen) atoms. The predicted octanol–water partition coefficient (Wildman–Crippen LogP) is 2.37. The van der Waals surface area contributed by atoms with Crippen molar-refractivity contribution in [1.82, 2.24) is 4.90 Å². The normalized spacial score (nSPS) is 23.5. The second-order valence-corrected chi connectivity index (χ2v) is 5.33. The molecule has 2 atom stereocenters. The molecule has 1 amide bonds. The van der Waals surface area contributed by atoms with Crippen LogP contribution >= 0.6 is 0 Å². The van der Waals surface area contributed by atoms with E-state index in [-0.39, 0.29) is 24.4 Å². The van der Waals surface area contributed by atoms with Crippen LogP contribution in [0.4, 0.5) is 4.39 Å². The van der Waals surface area contributed by atoms with Crippen LogP contribution in [-0.4, -0.2) is 35.1 Å². The summed E-state index contributed by atoms with van der Waals surface area (Å²) in [4.78, 5) is 14.2. The van der Waals surface area contributed by atoms with E-state index in [2.05, 4.69) is 6.92 Å². The zero-order chi connectivity index (χ0) is 14.0. The van der Waals surface area contributed by atoms with Gasteiger partial charge in [0.1, 0.15) is 5.82 Å². The molecule has 0 aliphatic carbocycles. The topological polar surface area (TPSA) is 40.5 Å². The van der Waals surface area contributed by atoms with Crippen molar-refractivity contribution >= 4 is 5.91 Å². The van der Waals surface area contributed by atoms with Crippen molar-refractivity contribution in [3.8, 4) is 0 Å². The highest BCUT2D eigenvalue weighted by Gasteiger charge is 2.31. The van der Waals surface area contributed by atoms with E-state index in [0.29, 0.717) is 23.6 Å². The second kappa shape index (κ2) is 5.70. The number of benzene rings is 1. The summed E-state index contributed by atoms with van der Waals surface area (Å²) in [6.07, 6.45) is 1.97. The minimum absolute atomic E-state index is 0.0208. The lowest BCUT2D eigenvalue weighted by molar-refractivity contribution is 0.0358. The van der Waals surface area contributed by atoms with Crippen LogP contribution in [0.1, 0.15) is 35.7 Å². The molecule has 1 heterocycles. The van der Waals surface area contributed by atoms with Gasteiger partial charge >= 0.3 is 0 Å². The van der Waals surface area contributed by atoms with Crippen LogP contribution in [0.2, 0.25) is 0 Å². The van der Waals surface area contributed by atoms with Gasteiger partial charge in [-0.2, -0.15) is 0 Å². The Morgan fingerprint density at radius 2 is 2.26 bits per heavy atom. The summed E-state index contributed by atoms with van der Waals surface area (Å²) >= 11 is 0. The quantitative estimate of drug-likeness (QED) is 0.891. The van der Waals surface area contributed by atoms with Crippen LogP contribution < -0.4 is 0 Å². The van der Waals surface area contributed by atoms with Crippen molar-refractivity contribution in [2.75, 3.05) is 13.2 Å². The number of amides is 1. The summed E-state index contributed by atoms with van der Waals surface area (Å²) in [7, 11) is 0. The lowest BCUT2D eigenvalue weighted by Gasteiger charge is -2.39. The molecule has 0 saturated carbocycles. The first-order valence-electron chi connectivity index (χ1n) is 6.72. The van der Waals surface area contributed by atoms with Crippen molar-refractivity contribution < 1.29 is 14.3 Å². The van der Waals surface area contributed by atoms with E-state index in [1.807, 2.05) is 0 Å². The van der Waals surface area contributed by atoms with Crippen LogP contribution in [0.3, 0.4) is 0 Å². The average Bonchev–Trinajstić information content (AvgIpc) is 2.40. The number of piperidine rings is 1. The van der Waals surface area contributed by atoms with Crippen LogP contribution in [0, 0.1) is 18.7 Å². The fourth-order valence-corrected chi connectivity index (χ4v) is 2.72. The highest BCUT2D eigenvalue weighted by molar-refractivity contribution is 5.94. The fourth-order valence-electron chi connectivity index (χ4n) is 2.72. The van der Waals surface area contributed by atoms with Crippen LogP contribution in [-0.2, 0) is 0 Å². The van der Waals surface area contributed by atoms with Crippen molar-refractivity contribution in [2.45, 2.75) is 32.7 Å². The molecule has 1 fully saturated rings. The summed E-state index contributed by atoms with van der Waals surface area (Å²) < 4.78 is 13.2. The molecular weight excluding hydrogens is 245 g/mol. The first-order valence-corrected chi connectivity index (χ1v) is 6.72. The Labute approximate surface area is 113 Å². The summed E-state index contributed by atoms with van der Waals surface area (Å²) in [6, 6.07) is 4.28. The molecule has 0 radical (unpaired) electrons. The van der Waals surface area contributed by atoms with Gasteiger partial charge in [-0.25, -0.2) is 4.39 Å². The van der Waals surface area contributed by atoms with E-state index >= 15 is 0 Å². The number of carbonyl (C=O) groups excluding carboxylic acids is 1. The van der Waals surface area contributed by atoms with Gasteiger partial charge in [-0.3, -0.25) is 4.79 Å². The van der Waals surface area contributed by atoms with E-state index < -0.39 is 0 Å². The molecule has 4 heteroatoms. The molecule has 1 aliphatic heterocycles. The Morgan fingerprint density at radius 1 is 1.53 bits per heavy atom. The second-order valence-electron chi connectivity index (χ2n) is 5.33. The molecule has 1 aromatic rings. The minimum atomic E-state index is -0.303. The first kappa shape index (κ1) is 14.0. The molecule has 1 N–H and O–H groups in total. The molecule has 1 aliphatic rings. The van der Waals surface area contributed by atoms with Gasteiger partial charge in [0.2, 0.25) is 0 Å². The first-order chi connectivity index (χ1) is 9.04. The maximum atomic E-state index is 13.2. The summed E-state index contributed by atoms with van der Waals surface area (Å²) in [5, 5.41) is 9.47. The molecule has 2 unspecified atom stereocenters. The molecule has 0 aromatic heterocycles. The van der Waals surface area contributed by atoms with Gasteiger partial charge in [0, 0.05) is 12.1 Å². The Hall–Kier alpha value is -1.42. The van der Waals surface area contributed by atoms with Crippen molar-refractivity contribution in [2.24, 2.45) is 5.92 Å². The van der Waals surface area contributed by atoms with E-state index in [0.717, 1.165) is 12.8 Å². The number of hydrogen-bond donors (Lipinski definition) is 1. The third-order valence-electron chi connectivity index (χ3n) is 3.97. The van der Waals surface area contributed by atoms with E-state index in [4.69, 9.17) is 0 Å². The molecular formula is C15H20FNO2. The number of aliphatic hydroxyl groups is 1. The van der Waals surface area contributed by atoms with Crippen LogP contribution in [0.5, 0.6) is 0 Å². The third kappa shape index (κ3) is 2.78. The largest absolute Gasteiger partial charge is 0.394 e. The zero-order valence-electron chi connectivity index (χ0n) is 11.4. The SMILES string of the molecule is Cc1cc(C(=O)N2CCCC(C)C2CO)ccc1F. The van der Waals surface area contributed by atoms with Gasteiger partial charge in [-0.1, -0.05) is 6.92 Å². The lowest BCUT2D eigenvalue weighted by Crippen LogP contribution is -2.49. The summed E-state index contributed by atoms with van der Waals surface area (Å²) in [6.45, 7) is 4.34. The standard InChI is InChI=1S/C15H20FNO2/c1-10-4-3-7-17(14(10)9-18)15(19)12-5-6-13(16)11(2)8-12/h5-6,8,10,14,18H,3-4,7,9H2,1-2H3. The highest BCUT2D eigenvalue weighted by atomic mass is 19.1. The number of aliphatic hydroxyl groups excluding tert-OH is 1. The fraction of sp³-hybridized carbons (Fsp3) is 0.533. The lowest BCUT2D eigenvalue weighted by atomic mass is 9.90. The maximum Gasteiger partial charge on any atom is 0.254 e. The predicted molar refractivity (Wildman–Crippen MR) is 71.4 cm³/mol. The van der Waals surface area contributed by atoms with Crippen molar-refractivity contribution in [1.29, 1.82) is 0 Å². The van der Waals surface area contributed by atoms with Gasteiger partial charge in [-0.15, -0.1) is 0 Å². The number of rotatable bonds is 2. The number of hydrogen-bond acceptors (Lipinski definition) is 2. The van der Waals surface area contributed by atoms with E-state index in [9.17, 15) is 14.3 Å². The number of aryl methyl sites for hydroxylation is 1. The molecule has 2 rings (SSSR count). The number of nitrogens with zero attached hydrogens (tertiary/aromatic N) is 1. The highest BCUT2D eigenvalue weighted by Crippen LogP contribution is 2.25. The molecule has 104 valence electrons. The average molecular weight is 265 g/mol. The zero-order valence-corrected chi connectivity index (χ0v) is 11.4. The number of halogens is 1. The summed E-state index contributed by atoms with van der Waals surface area (Å²) in [5.41, 5.74) is 0.961. The Kier molecular flexibility index (Phi) is 4.20. The van der Waals surface area contributed by atoms with Crippen LogP contribution in [0.15, 0.2) is 18.2 Å². The monoisotopic (exact) mass is 265 g/mol. The molecule has 1 aromatic carbocycles. The molecule has 3 nitrogen and oxygen atoms in total. The van der Waals surface area contributed by atoms with Crippen molar-refractivity contribution in [3.63, 3.8) is 0 Å². The van der Waals surface area contributed by atoms with E-state index in [1.165, 1.54) is 12.1 Å². The summed E-state index contributed by atoms with van der Waals surface area (Å²) in [5.74, 6) is -0.125. The Bertz CT molecular complexity index is 475. The van der Waals surface area contributed by atoms with Crippen molar-refractivity contribution in [3.05, 3.63) is 35.1 Å². The van der Waals surface area contributed by atoms with Gasteiger partial charge in [-0.05, 0) is 49.4 Å². The molecule has 1 saturated heterocycles.